The number of carboxylic acid groups (broad SMARTS) is 1. The molecular formula is C32H44O5. The predicted octanol–water partition coefficient (Wildman–Crippen LogP) is 8.62. The third kappa shape index (κ3) is 13.7. The van der Waals surface area contributed by atoms with Crippen LogP contribution in [0.3, 0.4) is 0 Å². The molecule has 0 radical (unpaired) electrons. The Morgan fingerprint density at radius 3 is 1.46 bits per heavy atom. The number of carbonyl (C=O) groups is 2. The molecule has 0 heterocycles. The van der Waals surface area contributed by atoms with Gasteiger partial charge in [0.05, 0.1) is 18.8 Å². The number of unbranched alkanes of at least 4 members (excludes halogenated alkanes) is 13. The topological polar surface area (TPSA) is 72.8 Å². The Kier molecular flexibility index (Phi) is 15.6. The largest absolute Gasteiger partial charge is 0.494 e. The molecule has 0 unspecified atom stereocenters. The number of carboxylic acids is 1. The first kappa shape index (κ1) is 30.1. The summed E-state index contributed by atoms with van der Waals surface area (Å²) in [6.07, 6.45) is 18.7. The summed E-state index contributed by atoms with van der Waals surface area (Å²) in [4.78, 5) is 21.9. The van der Waals surface area contributed by atoms with Crippen molar-refractivity contribution in [3.05, 3.63) is 66.7 Å². The highest BCUT2D eigenvalue weighted by Gasteiger charge is 2.04. The molecule has 0 aromatic heterocycles. The Bertz CT molecular complexity index is 902. The smallest absolute Gasteiger partial charge is 0.335 e. The molecular weight excluding hydrogens is 464 g/mol. The van der Waals surface area contributed by atoms with Gasteiger partial charge in [0.1, 0.15) is 5.75 Å². The minimum absolute atomic E-state index is 0.297. The first-order valence-electron chi connectivity index (χ1n) is 14.0. The predicted molar refractivity (Wildman–Crippen MR) is 150 cm³/mol. The maximum atomic E-state index is 11.0. The molecule has 37 heavy (non-hydrogen) atoms. The number of esters is 1. The molecule has 0 amide bonds. The molecule has 0 aliphatic heterocycles. The average molecular weight is 509 g/mol. The lowest BCUT2D eigenvalue weighted by molar-refractivity contribution is -0.137. The van der Waals surface area contributed by atoms with E-state index in [-0.39, 0.29) is 5.97 Å². The first-order valence-corrected chi connectivity index (χ1v) is 14.0. The SMILES string of the molecule is C=CC(=O)OCCCCCCCCCCCCCCCCOc1ccc(-c2ccc(C(=O)O)cc2)cc1. The molecule has 202 valence electrons. The maximum absolute atomic E-state index is 11.0. The second-order valence-electron chi connectivity index (χ2n) is 9.58. The van der Waals surface area contributed by atoms with Crippen LogP contribution in [0.25, 0.3) is 11.1 Å². The fourth-order valence-corrected chi connectivity index (χ4v) is 4.30. The highest BCUT2D eigenvalue weighted by Crippen LogP contribution is 2.23. The molecule has 1 N–H and O–H groups in total. The van der Waals surface area contributed by atoms with E-state index in [9.17, 15) is 9.59 Å². The van der Waals surface area contributed by atoms with Crippen LogP contribution >= 0.6 is 0 Å². The van der Waals surface area contributed by atoms with Crippen LogP contribution in [-0.2, 0) is 9.53 Å². The third-order valence-electron chi connectivity index (χ3n) is 6.54. The zero-order valence-corrected chi connectivity index (χ0v) is 22.3. The van der Waals surface area contributed by atoms with Gasteiger partial charge in [-0.1, -0.05) is 108 Å². The summed E-state index contributed by atoms with van der Waals surface area (Å²) in [6.45, 7) is 4.65. The van der Waals surface area contributed by atoms with Gasteiger partial charge in [0, 0.05) is 6.08 Å². The van der Waals surface area contributed by atoms with E-state index < -0.39 is 5.97 Å². The Morgan fingerprint density at radius 1 is 0.622 bits per heavy atom. The molecule has 5 nitrogen and oxygen atoms in total. The molecule has 2 rings (SSSR count). The van der Waals surface area contributed by atoms with Crippen LogP contribution in [0, 0.1) is 0 Å². The summed E-state index contributed by atoms with van der Waals surface area (Å²) in [6, 6.07) is 14.9. The van der Waals surface area contributed by atoms with Crippen LogP contribution in [0.4, 0.5) is 0 Å². The first-order chi connectivity index (χ1) is 18.1. The van der Waals surface area contributed by atoms with Crippen molar-refractivity contribution in [1.29, 1.82) is 0 Å². The van der Waals surface area contributed by atoms with Crippen molar-refractivity contribution < 1.29 is 24.2 Å². The van der Waals surface area contributed by atoms with Gasteiger partial charge in [-0.05, 0) is 48.2 Å². The molecule has 0 atom stereocenters. The molecule has 0 aliphatic carbocycles. The Balaban J connectivity index is 1.37. The standard InChI is InChI=1S/C32H44O5/c1-2-31(33)37-26-16-14-12-10-8-6-4-3-5-7-9-11-13-15-25-36-30-23-21-28(22-24-30)27-17-19-29(20-18-27)32(34)35/h2,17-24H,1,3-16,25-26H2,(H,34,35). The molecule has 5 heteroatoms. The van der Waals surface area contributed by atoms with Crippen LogP contribution in [-0.4, -0.2) is 30.3 Å². The summed E-state index contributed by atoms with van der Waals surface area (Å²) < 4.78 is 10.9. The molecule has 0 saturated carbocycles. The van der Waals surface area contributed by atoms with Gasteiger partial charge in [-0.2, -0.15) is 0 Å². The van der Waals surface area contributed by atoms with Gasteiger partial charge in [0.15, 0.2) is 0 Å². The Hall–Kier alpha value is -3.08. The number of ether oxygens (including phenoxy) is 2. The minimum Gasteiger partial charge on any atom is -0.494 e. The van der Waals surface area contributed by atoms with E-state index in [4.69, 9.17) is 14.6 Å². The normalized spacial score (nSPS) is 10.7. The van der Waals surface area contributed by atoms with Crippen molar-refractivity contribution in [2.24, 2.45) is 0 Å². The summed E-state index contributed by atoms with van der Waals surface area (Å²) in [5.74, 6) is -0.356. The van der Waals surface area contributed by atoms with Crippen molar-refractivity contribution in [2.75, 3.05) is 13.2 Å². The van der Waals surface area contributed by atoms with E-state index in [1.165, 1.54) is 76.7 Å². The van der Waals surface area contributed by atoms with Crippen LogP contribution in [0.5, 0.6) is 5.75 Å². The van der Waals surface area contributed by atoms with Gasteiger partial charge in [-0.15, -0.1) is 0 Å². The number of benzene rings is 2. The van der Waals surface area contributed by atoms with Gasteiger partial charge in [0.25, 0.3) is 0 Å². The monoisotopic (exact) mass is 508 g/mol. The fraction of sp³-hybridized carbons (Fsp3) is 0.500. The summed E-state index contributed by atoms with van der Waals surface area (Å²) in [5, 5.41) is 9.01. The zero-order valence-electron chi connectivity index (χ0n) is 22.3. The number of rotatable bonds is 21. The van der Waals surface area contributed by atoms with E-state index in [0.29, 0.717) is 12.2 Å². The molecule has 0 spiro atoms. The zero-order chi connectivity index (χ0) is 26.6. The second-order valence-corrected chi connectivity index (χ2v) is 9.58. The van der Waals surface area contributed by atoms with Crippen LogP contribution in [0.2, 0.25) is 0 Å². The molecule has 0 fully saturated rings. The highest BCUT2D eigenvalue weighted by atomic mass is 16.5. The summed E-state index contributed by atoms with van der Waals surface area (Å²) in [7, 11) is 0. The Morgan fingerprint density at radius 2 is 1.03 bits per heavy atom. The molecule has 0 bridgehead atoms. The van der Waals surface area contributed by atoms with Crippen molar-refractivity contribution in [3.8, 4) is 16.9 Å². The van der Waals surface area contributed by atoms with Gasteiger partial charge in [-0.3, -0.25) is 0 Å². The number of aromatic carboxylic acids is 1. The lowest BCUT2D eigenvalue weighted by Crippen LogP contribution is -2.01. The van der Waals surface area contributed by atoms with Gasteiger partial charge in [-0.25, -0.2) is 9.59 Å². The van der Waals surface area contributed by atoms with Gasteiger partial charge < -0.3 is 14.6 Å². The number of hydrogen-bond acceptors (Lipinski definition) is 4. The second kappa shape index (κ2) is 19.1. The quantitative estimate of drug-likeness (QED) is 0.104. The van der Waals surface area contributed by atoms with E-state index in [1.54, 1.807) is 12.1 Å². The van der Waals surface area contributed by atoms with Crippen molar-refractivity contribution >= 4 is 11.9 Å². The molecule has 0 aliphatic rings. The molecule has 0 saturated heterocycles. The average Bonchev–Trinajstić information content (AvgIpc) is 2.92. The highest BCUT2D eigenvalue weighted by molar-refractivity contribution is 5.88. The maximum Gasteiger partial charge on any atom is 0.335 e. The summed E-state index contributed by atoms with van der Waals surface area (Å²) in [5.41, 5.74) is 2.34. The van der Waals surface area contributed by atoms with E-state index >= 15 is 0 Å². The fourth-order valence-electron chi connectivity index (χ4n) is 4.30. The van der Waals surface area contributed by atoms with Crippen LogP contribution < -0.4 is 4.74 Å². The van der Waals surface area contributed by atoms with Gasteiger partial charge >= 0.3 is 11.9 Å². The third-order valence-corrected chi connectivity index (χ3v) is 6.54. The van der Waals surface area contributed by atoms with Crippen molar-refractivity contribution in [3.63, 3.8) is 0 Å². The lowest BCUT2D eigenvalue weighted by atomic mass is 10.0. The Labute approximate surface area is 222 Å². The van der Waals surface area contributed by atoms with Crippen molar-refractivity contribution in [1.82, 2.24) is 0 Å². The van der Waals surface area contributed by atoms with Crippen LogP contribution in [0.1, 0.15) is 100 Å². The van der Waals surface area contributed by atoms with E-state index in [2.05, 4.69) is 6.58 Å². The van der Waals surface area contributed by atoms with Gasteiger partial charge in [0.2, 0.25) is 0 Å². The van der Waals surface area contributed by atoms with Crippen molar-refractivity contribution in [2.45, 2.75) is 89.9 Å². The molecule has 2 aromatic rings. The van der Waals surface area contributed by atoms with E-state index in [0.717, 1.165) is 42.7 Å². The number of hydrogen-bond donors (Lipinski definition) is 1. The number of carbonyl (C=O) groups excluding carboxylic acids is 1. The van der Waals surface area contributed by atoms with Crippen LogP contribution in [0.15, 0.2) is 61.2 Å². The minimum atomic E-state index is -0.909. The lowest BCUT2D eigenvalue weighted by Gasteiger charge is -2.08. The molecule has 2 aromatic carbocycles. The van der Waals surface area contributed by atoms with E-state index in [1.807, 2.05) is 36.4 Å². The summed E-state index contributed by atoms with van der Waals surface area (Å²) >= 11 is 0.